The van der Waals surface area contributed by atoms with E-state index in [2.05, 4.69) is 21.2 Å². The first-order valence-electron chi connectivity index (χ1n) is 5.90. The lowest BCUT2D eigenvalue weighted by Gasteiger charge is -2.30. The number of alkyl halides is 3. The number of nitrogens with one attached hydrogen (secondary N) is 1. The molecule has 4 nitrogen and oxygen atoms in total. The number of Topliss-reactive ketones (excluding diaryl/α,β-unsaturated/α-hetero) is 2. The van der Waals surface area contributed by atoms with Crippen molar-refractivity contribution in [2.75, 3.05) is 6.54 Å². The fraction of sp³-hybridized carbons (Fsp3) is 0.308. The molecule has 1 saturated heterocycles. The Morgan fingerprint density at radius 1 is 1.19 bits per heavy atom. The highest BCUT2D eigenvalue weighted by Crippen LogP contribution is 2.34. The van der Waals surface area contributed by atoms with Crippen LogP contribution in [0.25, 0.3) is 0 Å². The lowest BCUT2D eigenvalue weighted by atomic mass is 9.77. The summed E-state index contributed by atoms with van der Waals surface area (Å²) in [5.41, 5.74) is 0.383. The Bertz CT molecular complexity index is 598. The zero-order chi connectivity index (χ0) is 15.8. The third-order valence-corrected chi connectivity index (χ3v) is 3.78. The van der Waals surface area contributed by atoms with Gasteiger partial charge in [0, 0.05) is 16.9 Å². The van der Waals surface area contributed by atoms with E-state index in [-0.39, 0.29) is 6.54 Å². The van der Waals surface area contributed by atoms with Crippen LogP contribution >= 0.6 is 15.9 Å². The van der Waals surface area contributed by atoms with Crippen molar-refractivity contribution in [3.05, 3.63) is 34.3 Å². The van der Waals surface area contributed by atoms with Crippen LogP contribution in [0.15, 0.2) is 28.7 Å². The lowest BCUT2D eigenvalue weighted by Crippen LogP contribution is -2.52. The summed E-state index contributed by atoms with van der Waals surface area (Å²) in [6.07, 6.45) is -5.16. The number of piperidine rings is 1. The van der Waals surface area contributed by atoms with E-state index in [0.29, 0.717) is 10.0 Å². The number of carbonyl (C=O) groups is 3. The van der Waals surface area contributed by atoms with Crippen LogP contribution in [0.4, 0.5) is 13.2 Å². The quantitative estimate of drug-likeness (QED) is 0.645. The van der Waals surface area contributed by atoms with Gasteiger partial charge >= 0.3 is 6.18 Å². The maximum Gasteiger partial charge on any atom is 0.450 e. The average molecular weight is 364 g/mol. The third-order valence-electron chi connectivity index (χ3n) is 3.25. The Morgan fingerprint density at radius 3 is 2.29 bits per heavy atom. The number of halogens is 4. The van der Waals surface area contributed by atoms with Gasteiger partial charge in [-0.25, -0.2) is 0 Å². The van der Waals surface area contributed by atoms with Crippen molar-refractivity contribution in [3.8, 4) is 0 Å². The van der Waals surface area contributed by atoms with Gasteiger partial charge in [-0.3, -0.25) is 14.4 Å². The SMILES string of the molecule is O=C1NCC(c2ccc(Br)cc2)C(C(=O)C(F)(F)F)C1=O. The van der Waals surface area contributed by atoms with Gasteiger partial charge in [0.05, 0.1) is 0 Å². The molecular weight excluding hydrogens is 355 g/mol. The van der Waals surface area contributed by atoms with Crippen LogP contribution in [0.2, 0.25) is 0 Å². The number of carbonyl (C=O) groups excluding carboxylic acids is 3. The normalized spacial score (nSPS) is 22.9. The molecule has 2 unspecified atom stereocenters. The standard InChI is InChI=1S/C13H9BrF3NO3/c14-7-3-1-6(2-4-7)8-5-18-12(21)10(19)9(8)11(20)13(15,16)17/h1-4,8-9H,5H2,(H,18,21). The number of ketones is 2. The van der Waals surface area contributed by atoms with Gasteiger partial charge in [-0.05, 0) is 17.7 Å². The Kier molecular flexibility index (Phi) is 4.18. The summed E-state index contributed by atoms with van der Waals surface area (Å²) in [4.78, 5) is 34.5. The predicted molar refractivity (Wildman–Crippen MR) is 69.5 cm³/mol. The maximum absolute atomic E-state index is 12.6. The fourth-order valence-corrected chi connectivity index (χ4v) is 2.49. The Balaban J connectivity index is 2.42. The van der Waals surface area contributed by atoms with Crippen molar-refractivity contribution in [1.82, 2.24) is 5.32 Å². The highest BCUT2D eigenvalue weighted by molar-refractivity contribution is 9.10. The molecule has 2 rings (SSSR count). The number of hydrogen-bond acceptors (Lipinski definition) is 3. The minimum atomic E-state index is -5.16. The second kappa shape index (κ2) is 5.59. The van der Waals surface area contributed by atoms with Crippen molar-refractivity contribution >= 4 is 33.4 Å². The number of benzene rings is 1. The summed E-state index contributed by atoms with van der Waals surface area (Å²) >= 11 is 3.18. The minimum absolute atomic E-state index is 0.196. The van der Waals surface area contributed by atoms with Crippen molar-refractivity contribution in [2.45, 2.75) is 12.1 Å². The number of rotatable bonds is 2. The second-order valence-electron chi connectivity index (χ2n) is 4.57. The first kappa shape index (κ1) is 15.7. The zero-order valence-electron chi connectivity index (χ0n) is 10.4. The van der Waals surface area contributed by atoms with Crippen LogP contribution < -0.4 is 5.32 Å². The molecule has 112 valence electrons. The number of hydrogen-bond donors (Lipinski definition) is 1. The minimum Gasteiger partial charge on any atom is -0.349 e. The lowest BCUT2D eigenvalue weighted by molar-refractivity contribution is -0.178. The summed E-state index contributed by atoms with van der Waals surface area (Å²) in [6.45, 7) is -0.196. The average Bonchev–Trinajstić information content (AvgIpc) is 2.41. The van der Waals surface area contributed by atoms with E-state index in [1.54, 1.807) is 12.1 Å². The molecular formula is C13H9BrF3NO3. The van der Waals surface area contributed by atoms with E-state index < -0.39 is 35.5 Å². The molecule has 1 heterocycles. The van der Waals surface area contributed by atoms with E-state index in [1.165, 1.54) is 12.1 Å². The monoisotopic (exact) mass is 363 g/mol. The van der Waals surface area contributed by atoms with Crippen molar-refractivity contribution < 1.29 is 27.6 Å². The second-order valence-corrected chi connectivity index (χ2v) is 5.49. The molecule has 1 N–H and O–H groups in total. The summed E-state index contributed by atoms with van der Waals surface area (Å²) in [7, 11) is 0. The fourth-order valence-electron chi connectivity index (χ4n) is 2.23. The van der Waals surface area contributed by atoms with Crippen molar-refractivity contribution in [3.63, 3.8) is 0 Å². The van der Waals surface area contributed by atoms with E-state index in [4.69, 9.17) is 0 Å². The van der Waals surface area contributed by atoms with Crippen LogP contribution in [0.1, 0.15) is 11.5 Å². The molecule has 0 bridgehead atoms. The van der Waals surface area contributed by atoms with Crippen molar-refractivity contribution in [1.29, 1.82) is 0 Å². The zero-order valence-corrected chi connectivity index (χ0v) is 12.0. The molecule has 1 aliphatic heterocycles. The highest BCUT2D eigenvalue weighted by atomic mass is 79.9. The predicted octanol–water partition coefficient (Wildman–Crippen LogP) is 1.98. The van der Waals surface area contributed by atoms with Crippen LogP contribution in [-0.2, 0) is 14.4 Å². The van der Waals surface area contributed by atoms with Crippen LogP contribution in [0.3, 0.4) is 0 Å². The molecule has 21 heavy (non-hydrogen) atoms. The molecule has 0 spiro atoms. The van der Waals surface area contributed by atoms with Gasteiger partial charge in [0.2, 0.25) is 11.6 Å². The van der Waals surface area contributed by atoms with Gasteiger partial charge in [0.1, 0.15) is 5.92 Å². The van der Waals surface area contributed by atoms with E-state index in [1.807, 2.05) is 0 Å². The molecule has 2 atom stereocenters. The van der Waals surface area contributed by atoms with E-state index in [9.17, 15) is 27.6 Å². The van der Waals surface area contributed by atoms with Gasteiger partial charge in [0.15, 0.2) is 0 Å². The largest absolute Gasteiger partial charge is 0.450 e. The Hall–Kier alpha value is -1.70. The van der Waals surface area contributed by atoms with Crippen LogP contribution in [0, 0.1) is 5.92 Å². The highest BCUT2D eigenvalue weighted by Gasteiger charge is 2.52. The molecule has 0 aliphatic carbocycles. The molecule has 0 radical (unpaired) electrons. The van der Waals surface area contributed by atoms with Gasteiger partial charge in [0.25, 0.3) is 5.91 Å². The number of amides is 1. The molecule has 1 aliphatic rings. The molecule has 8 heteroatoms. The molecule has 1 aromatic carbocycles. The molecule has 1 fully saturated rings. The van der Waals surface area contributed by atoms with Gasteiger partial charge < -0.3 is 5.32 Å². The van der Waals surface area contributed by atoms with Crippen molar-refractivity contribution in [2.24, 2.45) is 5.92 Å². The summed E-state index contributed by atoms with van der Waals surface area (Å²) < 4.78 is 38.6. The first-order chi connectivity index (χ1) is 9.71. The van der Waals surface area contributed by atoms with E-state index in [0.717, 1.165) is 0 Å². The van der Waals surface area contributed by atoms with Crippen LogP contribution in [-0.4, -0.2) is 30.2 Å². The topological polar surface area (TPSA) is 63.2 Å². The molecule has 1 amide bonds. The third kappa shape index (κ3) is 3.15. The molecule has 0 saturated carbocycles. The van der Waals surface area contributed by atoms with Gasteiger partial charge in [-0.2, -0.15) is 13.2 Å². The summed E-state index contributed by atoms with van der Waals surface area (Å²) in [5.74, 6) is -7.75. The smallest absolute Gasteiger partial charge is 0.349 e. The van der Waals surface area contributed by atoms with Gasteiger partial charge in [-0.15, -0.1) is 0 Å². The first-order valence-corrected chi connectivity index (χ1v) is 6.69. The van der Waals surface area contributed by atoms with Gasteiger partial charge in [-0.1, -0.05) is 28.1 Å². The van der Waals surface area contributed by atoms with Crippen LogP contribution in [0.5, 0.6) is 0 Å². The maximum atomic E-state index is 12.6. The summed E-state index contributed by atoms with van der Waals surface area (Å²) in [5, 5.41) is 2.21. The molecule has 0 aromatic heterocycles. The Labute approximate surface area is 125 Å². The Morgan fingerprint density at radius 2 is 1.76 bits per heavy atom. The van der Waals surface area contributed by atoms with E-state index >= 15 is 0 Å². The molecule has 1 aromatic rings. The summed E-state index contributed by atoms with van der Waals surface area (Å²) in [6, 6.07) is 6.20.